The van der Waals surface area contributed by atoms with Gasteiger partial charge < -0.3 is 15.3 Å². The number of nitrogens with zero attached hydrogens (tertiary/aromatic N) is 3. The number of rotatable bonds is 8. The first kappa shape index (κ1) is 15.4. The quantitative estimate of drug-likeness (QED) is 0.744. The van der Waals surface area contributed by atoms with E-state index in [9.17, 15) is 4.79 Å². The number of nitrogens with one attached hydrogen (secondary N) is 1. The van der Waals surface area contributed by atoms with E-state index in [-0.39, 0.29) is 5.56 Å². The van der Waals surface area contributed by atoms with Gasteiger partial charge >= 0.3 is 5.97 Å². The summed E-state index contributed by atoms with van der Waals surface area (Å²) >= 11 is 0. The number of carboxylic acid groups (broad SMARTS) is 1. The van der Waals surface area contributed by atoms with Gasteiger partial charge in [-0.15, -0.1) is 0 Å². The van der Waals surface area contributed by atoms with Gasteiger partial charge in [-0.3, -0.25) is 0 Å². The average Bonchev–Trinajstić information content (AvgIpc) is 2.37. The van der Waals surface area contributed by atoms with Gasteiger partial charge in [0, 0.05) is 19.3 Å². The highest BCUT2D eigenvalue weighted by Crippen LogP contribution is 2.11. The van der Waals surface area contributed by atoms with Crippen molar-refractivity contribution in [1.82, 2.24) is 14.9 Å². The van der Waals surface area contributed by atoms with E-state index in [0.717, 1.165) is 26.1 Å². The zero-order valence-corrected chi connectivity index (χ0v) is 11.8. The molecule has 106 valence electrons. The Morgan fingerprint density at radius 2 is 2.16 bits per heavy atom. The third kappa shape index (κ3) is 4.82. The van der Waals surface area contributed by atoms with Crippen LogP contribution < -0.4 is 5.32 Å². The number of hydrogen-bond donors (Lipinski definition) is 2. The van der Waals surface area contributed by atoms with E-state index >= 15 is 0 Å². The maximum Gasteiger partial charge on any atom is 0.341 e. The van der Waals surface area contributed by atoms with Crippen LogP contribution >= 0.6 is 0 Å². The van der Waals surface area contributed by atoms with E-state index < -0.39 is 5.97 Å². The van der Waals surface area contributed by atoms with Crippen LogP contribution in [0.3, 0.4) is 0 Å². The Bertz CT molecular complexity index is 423. The highest BCUT2D eigenvalue weighted by molar-refractivity contribution is 5.92. The lowest BCUT2D eigenvalue weighted by Gasteiger charge is -2.20. The molecule has 0 spiro atoms. The van der Waals surface area contributed by atoms with E-state index in [4.69, 9.17) is 5.11 Å². The molecule has 1 heterocycles. The molecule has 0 unspecified atom stereocenters. The molecule has 0 saturated carbocycles. The smallest absolute Gasteiger partial charge is 0.341 e. The zero-order valence-electron chi connectivity index (χ0n) is 11.8. The van der Waals surface area contributed by atoms with Gasteiger partial charge in [0.25, 0.3) is 0 Å². The highest BCUT2D eigenvalue weighted by atomic mass is 16.4. The van der Waals surface area contributed by atoms with Crippen molar-refractivity contribution in [2.75, 3.05) is 31.5 Å². The summed E-state index contributed by atoms with van der Waals surface area (Å²) in [5.41, 5.74) is 0.115. The third-order valence-corrected chi connectivity index (χ3v) is 2.85. The van der Waals surface area contributed by atoms with Gasteiger partial charge in [0.1, 0.15) is 17.2 Å². The molecule has 0 aromatic carbocycles. The van der Waals surface area contributed by atoms with E-state index in [1.165, 1.54) is 6.20 Å². The summed E-state index contributed by atoms with van der Waals surface area (Å²) < 4.78 is 0. The molecule has 1 aromatic heterocycles. The van der Waals surface area contributed by atoms with Crippen molar-refractivity contribution in [3.05, 3.63) is 17.6 Å². The first-order valence-electron chi connectivity index (χ1n) is 6.61. The number of aryl methyl sites for hydroxylation is 1. The van der Waals surface area contributed by atoms with Crippen LogP contribution in [0.1, 0.15) is 36.5 Å². The molecule has 0 aliphatic carbocycles. The van der Waals surface area contributed by atoms with Crippen molar-refractivity contribution < 1.29 is 9.90 Å². The fourth-order valence-electron chi connectivity index (χ4n) is 1.84. The standard InChI is InChI=1S/C13H22N4O2/c1-4-7-17(5-2)8-6-14-12-11(13(18)19)9-15-10(3)16-12/h9H,4-8H2,1-3H3,(H,18,19)(H,14,15,16). The topological polar surface area (TPSA) is 78.3 Å². The summed E-state index contributed by atoms with van der Waals surface area (Å²) in [5, 5.41) is 12.2. The maximum absolute atomic E-state index is 11.1. The number of aromatic nitrogens is 2. The molecule has 0 bridgehead atoms. The van der Waals surface area contributed by atoms with Crippen LogP contribution in [0.15, 0.2) is 6.20 Å². The predicted octanol–water partition coefficient (Wildman–Crippen LogP) is 1.63. The molecule has 19 heavy (non-hydrogen) atoms. The Kier molecular flexibility index (Phi) is 6.21. The third-order valence-electron chi connectivity index (χ3n) is 2.85. The molecule has 1 rings (SSSR count). The SMILES string of the molecule is CCCN(CC)CCNc1nc(C)ncc1C(=O)O. The van der Waals surface area contributed by atoms with Crippen LogP contribution in [0.2, 0.25) is 0 Å². The minimum atomic E-state index is -1.01. The normalized spacial score (nSPS) is 10.7. The molecule has 0 aliphatic heterocycles. The van der Waals surface area contributed by atoms with Crippen LogP contribution in [0.25, 0.3) is 0 Å². The summed E-state index contributed by atoms with van der Waals surface area (Å²) in [4.78, 5) is 21.4. The van der Waals surface area contributed by atoms with Gasteiger partial charge in [-0.2, -0.15) is 0 Å². The maximum atomic E-state index is 11.1. The molecule has 1 aromatic rings. The Balaban J connectivity index is 2.61. The second kappa shape index (κ2) is 7.68. The largest absolute Gasteiger partial charge is 0.477 e. The summed E-state index contributed by atoms with van der Waals surface area (Å²) in [6.07, 6.45) is 2.46. The van der Waals surface area contributed by atoms with Crippen LogP contribution in [-0.4, -0.2) is 52.1 Å². The Labute approximate surface area is 113 Å². The van der Waals surface area contributed by atoms with Gasteiger partial charge in [-0.1, -0.05) is 13.8 Å². The Morgan fingerprint density at radius 3 is 2.74 bits per heavy atom. The zero-order chi connectivity index (χ0) is 14.3. The van der Waals surface area contributed by atoms with Gasteiger partial charge in [0.05, 0.1) is 0 Å². The summed E-state index contributed by atoms with van der Waals surface area (Å²) in [5.74, 6) is -0.0515. The van der Waals surface area contributed by atoms with Crippen LogP contribution in [0.4, 0.5) is 5.82 Å². The molecular weight excluding hydrogens is 244 g/mol. The number of aromatic carboxylic acids is 1. The molecule has 0 amide bonds. The van der Waals surface area contributed by atoms with Crippen molar-refractivity contribution in [1.29, 1.82) is 0 Å². The average molecular weight is 266 g/mol. The van der Waals surface area contributed by atoms with Crippen molar-refractivity contribution >= 4 is 11.8 Å². The predicted molar refractivity (Wildman–Crippen MR) is 74.6 cm³/mol. The number of carboxylic acids is 1. The van der Waals surface area contributed by atoms with Crippen LogP contribution in [0, 0.1) is 6.92 Å². The minimum Gasteiger partial charge on any atom is -0.477 e. The minimum absolute atomic E-state index is 0.115. The number of likely N-dealkylation sites (N-methyl/N-ethyl adjacent to an activating group) is 1. The molecule has 6 heteroatoms. The van der Waals surface area contributed by atoms with E-state index in [1.54, 1.807) is 6.92 Å². The first-order chi connectivity index (χ1) is 9.08. The van der Waals surface area contributed by atoms with Crippen LogP contribution in [-0.2, 0) is 0 Å². The number of carbonyl (C=O) groups is 1. The molecule has 0 fully saturated rings. The number of hydrogen-bond acceptors (Lipinski definition) is 5. The van der Waals surface area contributed by atoms with Crippen molar-refractivity contribution in [2.24, 2.45) is 0 Å². The summed E-state index contributed by atoms with van der Waals surface area (Å²) in [7, 11) is 0. The van der Waals surface area contributed by atoms with Gasteiger partial charge in [0.2, 0.25) is 0 Å². The molecular formula is C13H22N4O2. The molecule has 0 atom stereocenters. The lowest BCUT2D eigenvalue weighted by Crippen LogP contribution is -2.30. The lowest BCUT2D eigenvalue weighted by atomic mass is 10.3. The van der Waals surface area contributed by atoms with E-state index in [2.05, 4.69) is 34.0 Å². The Hall–Kier alpha value is -1.69. The lowest BCUT2D eigenvalue weighted by molar-refractivity contribution is 0.0697. The Morgan fingerprint density at radius 1 is 1.42 bits per heavy atom. The van der Waals surface area contributed by atoms with Crippen molar-refractivity contribution in [2.45, 2.75) is 27.2 Å². The van der Waals surface area contributed by atoms with E-state index in [1.807, 2.05) is 0 Å². The van der Waals surface area contributed by atoms with Gasteiger partial charge in [-0.25, -0.2) is 14.8 Å². The molecule has 6 nitrogen and oxygen atoms in total. The molecule has 0 aliphatic rings. The fourth-order valence-corrected chi connectivity index (χ4v) is 1.84. The van der Waals surface area contributed by atoms with Crippen molar-refractivity contribution in [3.8, 4) is 0 Å². The fraction of sp³-hybridized carbons (Fsp3) is 0.615. The van der Waals surface area contributed by atoms with Crippen LogP contribution in [0.5, 0.6) is 0 Å². The second-order valence-corrected chi connectivity index (χ2v) is 4.35. The monoisotopic (exact) mass is 266 g/mol. The van der Waals surface area contributed by atoms with E-state index in [0.29, 0.717) is 18.2 Å². The molecule has 2 N–H and O–H groups in total. The van der Waals surface area contributed by atoms with Crippen molar-refractivity contribution in [3.63, 3.8) is 0 Å². The summed E-state index contributed by atoms with van der Waals surface area (Å²) in [6.45, 7) is 9.58. The summed E-state index contributed by atoms with van der Waals surface area (Å²) in [6, 6.07) is 0. The van der Waals surface area contributed by atoms with Gasteiger partial charge in [-0.05, 0) is 26.4 Å². The molecule has 0 saturated heterocycles. The number of anilines is 1. The van der Waals surface area contributed by atoms with Gasteiger partial charge in [0.15, 0.2) is 0 Å². The second-order valence-electron chi connectivity index (χ2n) is 4.35. The molecule has 0 radical (unpaired) electrons. The highest BCUT2D eigenvalue weighted by Gasteiger charge is 2.12. The first-order valence-corrected chi connectivity index (χ1v) is 6.61.